The van der Waals surface area contributed by atoms with E-state index in [4.69, 9.17) is 5.73 Å². The van der Waals surface area contributed by atoms with Crippen LogP contribution in [0.2, 0.25) is 0 Å². The van der Waals surface area contributed by atoms with Crippen molar-refractivity contribution in [3.8, 4) is 0 Å². The molecule has 0 aliphatic rings. The molecule has 1 aromatic heterocycles. The Morgan fingerprint density at radius 1 is 1.67 bits per heavy atom. The van der Waals surface area contributed by atoms with E-state index >= 15 is 0 Å². The van der Waals surface area contributed by atoms with Crippen LogP contribution >= 0.6 is 11.3 Å². The summed E-state index contributed by atoms with van der Waals surface area (Å²) in [5, 5.41) is 3.24. The summed E-state index contributed by atoms with van der Waals surface area (Å²) in [6.07, 6.45) is 3.88. The third-order valence-electron chi connectivity index (χ3n) is 1.46. The highest BCUT2D eigenvalue weighted by atomic mass is 32.1. The van der Waals surface area contributed by atoms with Gasteiger partial charge in [-0.2, -0.15) is 0 Å². The van der Waals surface area contributed by atoms with E-state index in [9.17, 15) is 0 Å². The van der Waals surface area contributed by atoms with Gasteiger partial charge in [0.05, 0.1) is 10.7 Å². The first-order valence-corrected chi connectivity index (χ1v) is 4.94. The van der Waals surface area contributed by atoms with Crippen LogP contribution in [0.25, 0.3) is 6.08 Å². The Morgan fingerprint density at radius 2 is 2.42 bits per heavy atom. The smallest absolute Gasteiger partial charge is 0.0957 e. The van der Waals surface area contributed by atoms with E-state index in [0.717, 1.165) is 5.69 Å². The summed E-state index contributed by atoms with van der Waals surface area (Å²) in [6, 6.07) is 0. The van der Waals surface area contributed by atoms with Crippen molar-refractivity contribution in [2.75, 3.05) is 6.54 Å². The maximum atomic E-state index is 5.33. The Bertz CT molecular complexity index is 263. The van der Waals surface area contributed by atoms with E-state index in [1.807, 2.05) is 12.2 Å². The normalized spacial score (nSPS) is 11.7. The SMILES string of the molecule is CC(C)c1nc(/C=C/CN)cs1. The molecule has 0 saturated heterocycles. The van der Waals surface area contributed by atoms with E-state index in [2.05, 4.69) is 24.2 Å². The quantitative estimate of drug-likeness (QED) is 0.778. The van der Waals surface area contributed by atoms with E-state index < -0.39 is 0 Å². The maximum absolute atomic E-state index is 5.33. The number of rotatable bonds is 3. The van der Waals surface area contributed by atoms with Crippen LogP contribution in [0.3, 0.4) is 0 Å². The van der Waals surface area contributed by atoms with Crippen molar-refractivity contribution in [3.63, 3.8) is 0 Å². The molecule has 0 atom stereocenters. The third kappa shape index (κ3) is 2.43. The molecule has 1 heterocycles. The largest absolute Gasteiger partial charge is 0.327 e. The summed E-state index contributed by atoms with van der Waals surface area (Å²) in [4.78, 5) is 4.42. The van der Waals surface area contributed by atoms with Crippen molar-refractivity contribution in [2.24, 2.45) is 5.73 Å². The zero-order chi connectivity index (χ0) is 8.97. The molecule has 0 bridgehead atoms. The number of nitrogens with zero attached hydrogens (tertiary/aromatic N) is 1. The first-order valence-electron chi connectivity index (χ1n) is 4.06. The molecule has 0 unspecified atom stereocenters. The fourth-order valence-electron chi connectivity index (χ4n) is 0.831. The number of aromatic nitrogens is 1. The van der Waals surface area contributed by atoms with E-state index in [1.165, 1.54) is 5.01 Å². The minimum Gasteiger partial charge on any atom is -0.327 e. The molecule has 0 saturated carbocycles. The minimum atomic E-state index is 0.523. The lowest BCUT2D eigenvalue weighted by molar-refractivity contribution is 0.851. The van der Waals surface area contributed by atoms with Gasteiger partial charge in [0.1, 0.15) is 0 Å². The zero-order valence-corrected chi connectivity index (χ0v) is 8.27. The summed E-state index contributed by atoms with van der Waals surface area (Å²) in [5.41, 5.74) is 6.35. The molecule has 66 valence electrons. The van der Waals surface area contributed by atoms with Gasteiger partial charge >= 0.3 is 0 Å². The Morgan fingerprint density at radius 3 is 2.92 bits per heavy atom. The van der Waals surface area contributed by atoms with Crippen LogP contribution in [-0.2, 0) is 0 Å². The van der Waals surface area contributed by atoms with Crippen molar-refractivity contribution < 1.29 is 0 Å². The van der Waals surface area contributed by atoms with Gasteiger partial charge in [0.15, 0.2) is 0 Å². The van der Waals surface area contributed by atoms with Gasteiger partial charge in [0.2, 0.25) is 0 Å². The molecule has 1 aromatic rings. The van der Waals surface area contributed by atoms with Crippen molar-refractivity contribution in [3.05, 3.63) is 22.2 Å². The van der Waals surface area contributed by atoms with Crippen LogP contribution in [0, 0.1) is 0 Å². The molecule has 2 nitrogen and oxygen atoms in total. The van der Waals surface area contributed by atoms with Crippen LogP contribution in [0.1, 0.15) is 30.5 Å². The Balaban J connectivity index is 2.70. The Labute approximate surface area is 77.1 Å². The van der Waals surface area contributed by atoms with E-state index in [1.54, 1.807) is 11.3 Å². The standard InChI is InChI=1S/C9H14N2S/c1-7(2)9-11-8(6-12-9)4-3-5-10/h3-4,6-7H,5,10H2,1-2H3/b4-3+. The van der Waals surface area contributed by atoms with Gasteiger partial charge < -0.3 is 5.73 Å². The first kappa shape index (κ1) is 9.42. The fraction of sp³-hybridized carbons (Fsp3) is 0.444. The third-order valence-corrected chi connectivity index (χ3v) is 2.62. The first-order chi connectivity index (χ1) is 5.74. The van der Waals surface area contributed by atoms with Gasteiger partial charge in [-0.3, -0.25) is 0 Å². The van der Waals surface area contributed by atoms with Crippen molar-refractivity contribution in [1.82, 2.24) is 4.98 Å². The van der Waals surface area contributed by atoms with E-state index in [0.29, 0.717) is 12.5 Å². The van der Waals surface area contributed by atoms with Gasteiger partial charge in [0.25, 0.3) is 0 Å². The minimum absolute atomic E-state index is 0.523. The lowest BCUT2D eigenvalue weighted by Gasteiger charge is -1.94. The molecule has 1 rings (SSSR count). The highest BCUT2D eigenvalue weighted by Crippen LogP contribution is 2.19. The second-order valence-electron chi connectivity index (χ2n) is 2.90. The zero-order valence-electron chi connectivity index (χ0n) is 7.45. The lowest BCUT2D eigenvalue weighted by atomic mass is 10.2. The van der Waals surface area contributed by atoms with Crippen molar-refractivity contribution in [1.29, 1.82) is 0 Å². The Kier molecular flexibility index (Phi) is 3.44. The molecular formula is C9H14N2S. The lowest BCUT2D eigenvalue weighted by Crippen LogP contribution is -1.92. The van der Waals surface area contributed by atoms with Gasteiger partial charge in [0, 0.05) is 17.8 Å². The van der Waals surface area contributed by atoms with Gasteiger partial charge in [-0.15, -0.1) is 11.3 Å². The highest BCUT2D eigenvalue weighted by Gasteiger charge is 2.02. The molecule has 3 heteroatoms. The summed E-state index contributed by atoms with van der Waals surface area (Å²) >= 11 is 1.70. The highest BCUT2D eigenvalue weighted by molar-refractivity contribution is 7.09. The van der Waals surface area contributed by atoms with Crippen LogP contribution in [0.5, 0.6) is 0 Å². The molecular weight excluding hydrogens is 168 g/mol. The van der Waals surface area contributed by atoms with E-state index in [-0.39, 0.29) is 0 Å². The predicted octanol–water partition coefficient (Wildman–Crippen LogP) is 2.24. The molecule has 0 amide bonds. The number of hydrogen-bond acceptors (Lipinski definition) is 3. The summed E-state index contributed by atoms with van der Waals surface area (Å²) in [5.74, 6) is 0.523. The molecule has 2 N–H and O–H groups in total. The molecule has 12 heavy (non-hydrogen) atoms. The maximum Gasteiger partial charge on any atom is 0.0957 e. The number of hydrogen-bond donors (Lipinski definition) is 1. The van der Waals surface area contributed by atoms with Crippen LogP contribution in [-0.4, -0.2) is 11.5 Å². The van der Waals surface area contributed by atoms with Gasteiger partial charge in [-0.1, -0.05) is 19.9 Å². The van der Waals surface area contributed by atoms with Gasteiger partial charge in [-0.05, 0) is 6.08 Å². The number of nitrogens with two attached hydrogens (primary N) is 1. The van der Waals surface area contributed by atoms with Crippen LogP contribution < -0.4 is 5.73 Å². The molecule has 0 aromatic carbocycles. The van der Waals surface area contributed by atoms with Crippen LogP contribution in [0.15, 0.2) is 11.5 Å². The molecule has 0 fully saturated rings. The average molecular weight is 182 g/mol. The second kappa shape index (κ2) is 4.38. The molecule has 0 radical (unpaired) electrons. The van der Waals surface area contributed by atoms with Crippen molar-refractivity contribution in [2.45, 2.75) is 19.8 Å². The monoisotopic (exact) mass is 182 g/mol. The molecule has 0 aliphatic heterocycles. The summed E-state index contributed by atoms with van der Waals surface area (Å²) in [7, 11) is 0. The number of thiazole rings is 1. The average Bonchev–Trinajstić information content (AvgIpc) is 2.48. The predicted molar refractivity (Wildman–Crippen MR) is 54.3 cm³/mol. The molecule has 0 spiro atoms. The molecule has 0 aliphatic carbocycles. The van der Waals surface area contributed by atoms with Crippen molar-refractivity contribution >= 4 is 17.4 Å². The van der Waals surface area contributed by atoms with Crippen LogP contribution in [0.4, 0.5) is 0 Å². The summed E-state index contributed by atoms with van der Waals surface area (Å²) in [6.45, 7) is 4.87. The topological polar surface area (TPSA) is 38.9 Å². The van der Waals surface area contributed by atoms with Gasteiger partial charge in [-0.25, -0.2) is 4.98 Å². The second-order valence-corrected chi connectivity index (χ2v) is 3.79. The Hall–Kier alpha value is -0.670. The summed E-state index contributed by atoms with van der Waals surface area (Å²) < 4.78 is 0. The fourth-order valence-corrected chi connectivity index (χ4v) is 1.63.